The third-order valence-corrected chi connectivity index (χ3v) is 2.20. The predicted molar refractivity (Wildman–Crippen MR) is 50.8 cm³/mol. The number of carbonyl (C=O) groups excluding carboxylic acids is 1. The fourth-order valence-electron chi connectivity index (χ4n) is 1.45. The van der Waals surface area contributed by atoms with Gasteiger partial charge < -0.3 is 15.4 Å². The maximum Gasteiger partial charge on any atom is 0.151 e. The van der Waals surface area contributed by atoms with E-state index in [1.165, 1.54) is 0 Å². The van der Waals surface area contributed by atoms with Crippen LogP contribution in [0, 0.1) is 0 Å². The van der Waals surface area contributed by atoms with Crippen molar-refractivity contribution in [2.45, 2.75) is 18.9 Å². The van der Waals surface area contributed by atoms with Gasteiger partial charge in [0.1, 0.15) is 0 Å². The number of Topliss-reactive ketones (excluding diaryl/α,β-unsaturated/α-hetero) is 1. The summed E-state index contributed by atoms with van der Waals surface area (Å²) in [6, 6.07) is 0.0191. The van der Waals surface area contributed by atoms with Crippen LogP contribution >= 0.6 is 0 Å². The van der Waals surface area contributed by atoms with E-state index in [1.54, 1.807) is 7.11 Å². The van der Waals surface area contributed by atoms with E-state index in [9.17, 15) is 4.79 Å². The number of carbonyl (C=O) groups is 1. The molecule has 0 aromatic rings. The molecule has 1 heterocycles. The molecular formula is C9H18N2O2. The number of piperazine rings is 1. The number of ether oxygens (including phenoxy) is 1. The van der Waals surface area contributed by atoms with E-state index in [2.05, 4.69) is 10.6 Å². The minimum Gasteiger partial charge on any atom is -0.385 e. The monoisotopic (exact) mass is 186 g/mol. The Morgan fingerprint density at radius 2 is 2.38 bits per heavy atom. The Labute approximate surface area is 79.0 Å². The van der Waals surface area contributed by atoms with Crippen LogP contribution in [0.15, 0.2) is 0 Å². The van der Waals surface area contributed by atoms with Gasteiger partial charge in [-0.05, 0) is 6.42 Å². The summed E-state index contributed by atoms with van der Waals surface area (Å²) in [5.74, 6) is 0.296. The van der Waals surface area contributed by atoms with Crippen molar-refractivity contribution >= 4 is 5.78 Å². The molecule has 0 saturated carbocycles. The summed E-state index contributed by atoms with van der Waals surface area (Å²) in [7, 11) is 1.66. The van der Waals surface area contributed by atoms with E-state index in [0.29, 0.717) is 18.8 Å². The van der Waals surface area contributed by atoms with Crippen molar-refractivity contribution in [3.63, 3.8) is 0 Å². The van der Waals surface area contributed by atoms with E-state index in [0.717, 1.165) is 26.1 Å². The lowest BCUT2D eigenvalue weighted by molar-refractivity contribution is -0.121. The van der Waals surface area contributed by atoms with Crippen LogP contribution in [0.2, 0.25) is 0 Å². The highest BCUT2D eigenvalue weighted by Gasteiger charge is 2.18. The van der Waals surface area contributed by atoms with Gasteiger partial charge in [-0.25, -0.2) is 0 Å². The van der Waals surface area contributed by atoms with Crippen molar-refractivity contribution in [2.24, 2.45) is 0 Å². The number of hydrogen-bond donors (Lipinski definition) is 2. The first kappa shape index (κ1) is 10.6. The molecule has 0 bridgehead atoms. The maximum atomic E-state index is 11.5. The van der Waals surface area contributed by atoms with Crippen molar-refractivity contribution in [3.8, 4) is 0 Å². The zero-order valence-electron chi connectivity index (χ0n) is 8.14. The lowest BCUT2D eigenvalue weighted by Crippen LogP contribution is -2.52. The van der Waals surface area contributed by atoms with Crippen molar-refractivity contribution in [3.05, 3.63) is 0 Å². The second-order valence-electron chi connectivity index (χ2n) is 3.27. The molecule has 1 fully saturated rings. The van der Waals surface area contributed by atoms with Gasteiger partial charge in [-0.2, -0.15) is 0 Å². The zero-order chi connectivity index (χ0) is 9.52. The fourth-order valence-corrected chi connectivity index (χ4v) is 1.45. The smallest absolute Gasteiger partial charge is 0.151 e. The lowest BCUT2D eigenvalue weighted by atomic mass is 10.1. The SMILES string of the molecule is COCCCC(=O)C1CNCCN1. The Bertz CT molecular complexity index is 156. The van der Waals surface area contributed by atoms with Crippen LogP contribution < -0.4 is 10.6 Å². The van der Waals surface area contributed by atoms with Crippen LogP contribution in [-0.2, 0) is 9.53 Å². The van der Waals surface area contributed by atoms with Gasteiger partial charge in [0.2, 0.25) is 0 Å². The predicted octanol–water partition coefficient (Wildman–Crippen LogP) is -0.456. The van der Waals surface area contributed by atoms with Crippen molar-refractivity contribution in [1.29, 1.82) is 0 Å². The molecule has 0 aromatic heterocycles. The summed E-state index contributed by atoms with van der Waals surface area (Å²) in [4.78, 5) is 11.5. The van der Waals surface area contributed by atoms with Gasteiger partial charge in [-0.15, -0.1) is 0 Å². The molecule has 1 saturated heterocycles. The zero-order valence-corrected chi connectivity index (χ0v) is 8.14. The fraction of sp³-hybridized carbons (Fsp3) is 0.889. The summed E-state index contributed by atoms with van der Waals surface area (Å²) in [6.07, 6.45) is 1.45. The highest BCUT2D eigenvalue weighted by molar-refractivity contribution is 5.84. The largest absolute Gasteiger partial charge is 0.385 e. The summed E-state index contributed by atoms with van der Waals surface area (Å²) in [6.45, 7) is 3.29. The number of hydrogen-bond acceptors (Lipinski definition) is 4. The van der Waals surface area contributed by atoms with Crippen LogP contribution in [0.4, 0.5) is 0 Å². The number of nitrogens with one attached hydrogen (secondary N) is 2. The second-order valence-corrected chi connectivity index (χ2v) is 3.27. The third kappa shape index (κ3) is 3.85. The molecular weight excluding hydrogens is 168 g/mol. The lowest BCUT2D eigenvalue weighted by Gasteiger charge is -2.23. The average Bonchev–Trinajstić information content (AvgIpc) is 2.19. The van der Waals surface area contributed by atoms with Gasteiger partial charge in [0.25, 0.3) is 0 Å². The molecule has 2 N–H and O–H groups in total. The van der Waals surface area contributed by atoms with Gasteiger partial charge in [0.15, 0.2) is 5.78 Å². The molecule has 13 heavy (non-hydrogen) atoms. The topological polar surface area (TPSA) is 50.4 Å². The van der Waals surface area contributed by atoms with Crippen molar-refractivity contribution < 1.29 is 9.53 Å². The van der Waals surface area contributed by atoms with Crippen molar-refractivity contribution in [2.75, 3.05) is 33.4 Å². The molecule has 0 amide bonds. The number of methoxy groups -OCH3 is 1. The van der Waals surface area contributed by atoms with Gasteiger partial charge in [0, 0.05) is 39.8 Å². The van der Waals surface area contributed by atoms with Crippen molar-refractivity contribution in [1.82, 2.24) is 10.6 Å². The highest BCUT2D eigenvalue weighted by Crippen LogP contribution is 1.98. The second kappa shape index (κ2) is 6.07. The number of rotatable bonds is 5. The molecule has 0 radical (unpaired) electrons. The van der Waals surface area contributed by atoms with E-state index in [-0.39, 0.29) is 6.04 Å². The van der Waals surface area contributed by atoms with Gasteiger partial charge >= 0.3 is 0 Å². The Morgan fingerprint density at radius 1 is 1.54 bits per heavy atom. The first-order chi connectivity index (χ1) is 6.34. The number of ketones is 1. The minimum absolute atomic E-state index is 0.0191. The van der Waals surface area contributed by atoms with E-state index < -0.39 is 0 Å². The summed E-state index contributed by atoms with van der Waals surface area (Å²) in [5.41, 5.74) is 0. The molecule has 0 aromatic carbocycles. The van der Waals surface area contributed by atoms with E-state index >= 15 is 0 Å². The molecule has 1 rings (SSSR count). The van der Waals surface area contributed by atoms with Gasteiger partial charge in [-0.1, -0.05) is 0 Å². The summed E-state index contributed by atoms with van der Waals surface area (Å²) >= 11 is 0. The van der Waals surface area contributed by atoms with E-state index in [4.69, 9.17) is 4.74 Å². The molecule has 1 atom stereocenters. The third-order valence-electron chi connectivity index (χ3n) is 2.20. The minimum atomic E-state index is 0.0191. The molecule has 1 unspecified atom stereocenters. The Balaban J connectivity index is 2.13. The quantitative estimate of drug-likeness (QED) is 0.571. The Kier molecular flexibility index (Phi) is 4.97. The molecule has 0 aliphatic carbocycles. The molecule has 4 heteroatoms. The van der Waals surface area contributed by atoms with Gasteiger partial charge in [0.05, 0.1) is 6.04 Å². The summed E-state index contributed by atoms with van der Waals surface area (Å²) < 4.78 is 4.89. The molecule has 1 aliphatic rings. The average molecular weight is 186 g/mol. The van der Waals surface area contributed by atoms with E-state index in [1.807, 2.05) is 0 Å². The first-order valence-corrected chi connectivity index (χ1v) is 4.80. The van der Waals surface area contributed by atoms with Gasteiger partial charge in [-0.3, -0.25) is 4.79 Å². The van der Waals surface area contributed by atoms with Crippen LogP contribution in [-0.4, -0.2) is 45.2 Å². The maximum absolute atomic E-state index is 11.5. The first-order valence-electron chi connectivity index (χ1n) is 4.80. The van der Waals surface area contributed by atoms with Crippen LogP contribution in [0.1, 0.15) is 12.8 Å². The van der Waals surface area contributed by atoms with Crippen LogP contribution in [0.25, 0.3) is 0 Å². The summed E-state index contributed by atoms with van der Waals surface area (Å²) in [5, 5.41) is 6.38. The standard InChI is InChI=1S/C9H18N2O2/c1-13-6-2-3-9(12)8-7-10-4-5-11-8/h8,10-11H,2-7H2,1H3. The molecule has 0 spiro atoms. The van der Waals surface area contributed by atoms with Crippen LogP contribution in [0.5, 0.6) is 0 Å². The highest BCUT2D eigenvalue weighted by atomic mass is 16.5. The normalized spacial score (nSPS) is 23.0. The Hall–Kier alpha value is -0.450. The Morgan fingerprint density at radius 3 is 3.00 bits per heavy atom. The molecule has 4 nitrogen and oxygen atoms in total. The van der Waals surface area contributed by atoms with Crippen LogP contribution in [0.3, 0.4) is 0 Å². The molecule has 76 valence electrons. The molecule has 1 aliphatic heterocycles.